The van der Waals surface area contributed by atoms with Crippen molar-refractivity contribution < 1.29 is 14.3 Å². The highest BCUT2D eigenvalue weighted by Crippen LogP contribution is 2.15. The first-order valence-corrected chi connectivity index (χ1v) is 8.00. The maximum absolute atomic E-state index is 11.8. The molecule has 0 aromatic heterocycles. The first-order chi connectivity index (χ1) is 10.6. The van der Waals surface area contributed by atoms with E-state index in [1.54, 1.807) is 0 Å². The van der Waals surface area contributed by atoms with Crippen LogP contribution in [0.2, 0.25) is 0 Å². The van der Waals surface area contributed by atoms with Gasteiger partial charge >= 0.3 is 6.03 Å². The van der Waals surface area contributed by atoms with Crippen molar-refractivity contribution in [3.8, 4) is 5.75 Å². The van der Waals surface area contributed by atoms with Gasteiger partial charge in [-0.05, 0) is 50.8 Å². The van der Waals surface area contributed by atoms with Crippen LogP contribution in [0.1, 0.15) is 31.7 Å². The molecule has 1 saturated heterocycles. The molecule has 1 heterocycles. The number of benzene rings is 1. The topological polar surface area (TPSA) is 59.6 Å². The molecule has 2 rings (SSSR count). The van der Waals surface area contributed by atoms with Crippen LogP contribution in [0, 0.1) is 6.92 Å². The lowest BCUT2D eigenvalue weighted by molar-refractivity contribution is 0.0860. The van der Waals surface area contributed by atoms with Gasteiger partial charge in [-0.1, -0.05) is 12.1 Å². The highest BCUT2D eigenvalue weighted by atomic mass is 16.5. The summed E-state index contributed by atoms with van der Waals surface area (Å²) in [6.45, 7) is 6.00. The number of carbonyl (C=O) groups excluding carboxylic acids is 1. The fraction of sp³-hybridized carbons (Fsp3) is 0.588. The number of amides is 2. The Morgan fingerprint density at radius 1 is 1.50 bits per heavy atom. The number of urea groups is 1. The number of ether oxygens (including phenoxy) is 2. The third kappa shape index (κ3) is 5.56. The minimum Gasteiger partial charge on any atom is -0.494 e. The predicted octanol–water partition coefficient (Wildman–Crippen LogP) is 2.63. The normalized spacial score (nSPS) is 18.7. The number of hydrogen-bond donors (Lipinski definition) is 2. The summed E-state index contributed by atoms with van der Waals surface area (Å²) in [6.07, 6.45) is 3.02. The van der Waals surface area contributed by atoms with Gasteiger partial charge in [0, 0.05) is 13.2 Å². The predicted molar refractivity (Wildman–Crippen MR) is 86.3 cm³/mol. The van der Waals surface area contributed by atoms with Gasteiger partial charge in [0.1, 0.15) is 5.75 Å². The third-order valence-corrected chi connectivity index (χ3v) is 3.75. The zero-order chi connectivity index (χ0) is 15.8. The summed E-state index contributed by atoms with van der Waals surface area (Å²) in [5, 5.41) is 5.77. The Morgan fingerprint density at radius 3 is 3.09 bits per heavy atom. The monoisotopic (exact) mass is 306 g/mol. The molecule has 2 N–H and O–H groups in total. The summed E-state index contributed by atoms with van der Waals surface area (Å²) in [4.78, 5) is 11.8. The zero-order valence-electron chi connectivity index (χ0n) is 13.4. The fourth-order valence-corrected chi connectivity index (χ4v) is 2.52. The Hall–Kier alpha value is -1.75. The van der Waals surface area contributed by atoms with Crippen molar-refractivity contribution >= 4 is 6.03 Å². The largest absolute Gasteiger partial charge is 0.494 e. The molecule has 22 heavy (non-hydrogen) atoms. The van der Waals surface area contributed by atoms with E-state index in [1.807, 2.05) is 38.1 Å². The molecule has 1 aromatic carbocycles. The fourth-order valence-electron chi connectivity index (χ4n) is 2.52. The quantitative estimate of drug-likeness (QED) is 0.761. The van der Waals surface area contributed by atoms with Crippen LogP contribution >= 0.6 is 0 Å². The minimum atomic E-state index is -0.140. The van der Waals surface area contributed by atoms with Gasteiger partial charge in [-0.2, -0.15) is 0 Å². The molecule has 2 atom stereocenters. The second-order valence-electron chi connectivity index (χ2n) is 5.76. The molecule has 122 valence electrons. The summed E-state index contributed by atoms with van der Waals surface area (Å²) in [5.41, 5.74) is 1.18. The molecule has 0 aliphatic carbocycles. The second-order valence-corrected chi connectivity index (χ2v) is 5.76. The van der Waals surface area contributed by atoms with Crippen LogP contribution < -0.4 is 15.4 Å². The SMILES string of the molecule is Cc1cccc(OCCCNC(=O)NC(C)C2CCCO2)c1. The van der Waals surface area contributed by atoms with Crippen molar-refractivity contribution in [2.45, 2.75) is 45.3 Å². The lowest BCUT2D eigenvalue weighted by Crippen LogP contribution is -2.46. The van der Waals surface area contributed by atoms with E-state index in [0.29, 0.717) is 13.2 Å². The Labute approximate surface area is 132 Å². The molecule has 1 aromatic rings. The molecule has 1 fully saturated rings. The third-order valence-electron chi connectivity index (χ3n) is 3.75. The van der Waals surface area contributed by atoms with Crippen LogP contribution in [0.4, 0.5) is 4.79 Å². The Balaban J connectivity index is 1.55. The lowest BCUT2D eigenvalue weighted by atomic mass is 10.1. The van der Waals surface area contributed by atoms with Gasteiger partial charge in [-0.25, -0.2) is 4.79 Å². The standard InChI is InChI=1S/C17H26N2O3/c1-13-6-3-7-15(12-13)21-11-5-9-18-17(20)19-14(2)16-8-4-10-22-16/h3,6-7,12,14,16H,4-5,8-11H2,1-2H3,(H2,18,19,20). The maximum atomic E-state index is 11.8. The minimum absolute atomic E-state index is 0.0473. The summed E-state index contributed by atoms with van der Waals surface area (Å²) in [6, 6.07) is 7.86. The van der Waals surface area contributed by atoms with E-state index in [-0.39, 0.29) is 18.2 Å². The van der Waals surface area contributed by atoms with Gasteiger partial charge in [0.15, 0.2) is 0 Å². The van der Waals surface area contributed by atoms with E-state index in [1.165, 1.54) is 5.56 Å². The van der Waals surface area contributed by atoms with Crippen molar-refractivity contribution in [3.05, 3.63) is 29.8 Å². The molecule has 1 aliphatic rings. The van der Waals surface area contributed by atoms with Crippen LogP contribution in [0.25, 0.3) is 0 Å². The molecule has 2 unspecified atom stereocenters. The molecule has 5 heteroatoms. The van der Waals surface area contributed by atoms with Crippen LogP contribution in [0.3, 0.4) is 0 Å². The highest BCUT2D eigenvalue weighted by molar-refractivity contribution is 5.74. The number of nitrogens with one attached hydrogen (secondary N) is 2. The van der Waals surface area contributed by atoms with E-state index >= 15 is 0 Å². The first kappa shape index (κ1) is 16.6. The molecular weight excluding hydrogens is 280 g/mol. The summed E-state index contributed by atoms with van der Waals surface area (Å²) >= 11 is 0. The number of carbonyl (C=O) groups is 1. The molecule has 0 saturated carbocycles. The molecular formula is C17H26N2O3. The summed E-state index contributed by atoms with van der Waals surface area (Å²) in [7, 11) is 0. The average molecular weight is 306 g/mol. The van der Waals surface area contributed by atoms with E-state index in [4.69, 9.17) is 9.47 Å². The van der Waals surface area contributed by atoms with E-state index in [0.717, 1.165) is 31.6 Å². The molecule has 0 spiro atoms. The zero-order valence-corrected chi connectivity index (χ0v) is 13.4. The van der Waals surface area contributed by atoms with Crippen LogP contribution in [0.5, 0.6) is 5.75 Å². The van der Waals surface area contributed by atoms with Crippen molar-refractivity contribution in [1.29, 1.82) is 0 Å². The Kier molecular flexibility index (Phi) is 6.52. The second kappa shape index (κ2) is 8.63. The van der Waals surface area contributed by atoms with Gasteiger partial charge in [-0.15, -0.1) is 0 Å². The lowest BCUT2D eigenvalue weighted by Gasteiger charge is -2.20. The van der Waals surface area contributed by atoms with Crippen molar-refractivity contribution in [3.63, 3.8) is 0 Å². The highest BCUT2D eigenvalue weighted by Gasteiger charge is 2.23. The number of rotatable bonds is 7. The van der Waals surface area contributed by atoms with Gasteiger partial charge in [0.25, 0.3) is 0 Å². The van der Waals surface area contributed by atoms with Gasteiger partial charge < -0.3 is 20.1 Å². The van der Waals surface area contributed by atoms with E-state index in [9.17, 15) is 4.79 Å². The first-order valence-electron chi connectivity index (χ1n) is 8.00. The maximum Gasteiger partial charge on any atom is 0.315 e. The van der Waals surface area contributed by atoms with E-state index < -0.39 is 0 Å². The van der Waals surface area contributed by atoms with E-state index in [2.05, 4.69) is 10.6 Å². The molecule has 0 bridgehead atoms. The Morgan fingerprint density at radius 2 is 2.36 bits per heavy atom. The molecule has 0 radical (unpaired) electrons. The molecule has 5 nitrogen and oxygen atoms in total. The smallest absolute Gasteiger partial charge is 0.315 e. The molecule has 2 amide bonds. The van der Waals surface area contributed by atoms with Crippen LogP contribution in [-0.4, -0.2) is 37.9 Å². The van der Waals surface area contributed by atoms with Crippen LogP contribution in [0.15, 0.2) is 24.3 Å². The van der Waals surface area contributed by atoms with Crippen molar-refractivity contribution in [1.82, 2.24) is 10.6 Å². The van der Waals surface area contributed by atoms with Gasteiger partial charge in [0.05, 0.1) is 18.8 Å². The Bertz CT molecular complexity index is 473. The van der Waals surface area contributed by atoms with Gasteiger partial charge in [-0.3, -0.25) is 0 Å². The average Bonchev–Trinajstić information content (AvgIpc) is 3.01. The number of aryl methyl sites for hydroxylation is 1. The van der Waals surface area contributed by atoms with Crippen LogP contribution in [-0.2, 0) is 4.74 Å². The van der Waals surface area contributed by atoms with Crippen molar-refractivity contribution in [2.24, 2.45) is 0 Å². The summed E-state index contributed by atoms with van der Waals surface area (Å²) < 4.78 is 11.2. The summed E-state index contributed by atoms with van der Waals surface area (Å²) in [5.74, 6) is 0.872. The number of hydrogen-bond acceptors (Lipinski definition) is 3. The van der Waals surface area contributed by atoms with Gasteiger partial charge in [0.2, 0.25) is 0 Å². The molecule has 1 aliphatic heterocycles. The van der Waals surface area contributed by atoms with Crippen molar-refractivity contribution in [2.75, 3.05) is 19.8 Å².